The van der Waals surface area contributed by atoms with Gasteiger partial charge in [-0.3, -0.25) is 0 Å². The summed E-state index contributed by atoms with van der Waals surface area (Å²) in [4.78, 5) is 5.55. The van der Waals surface area contributed by atoms with Gasteiger partial charge in [0.15, 0.2) is 5.11 Å². The van der Waals surface area contributed by atoms with Gasteiger partial charge in [-0.25, -0.2) is 4.98 Å². The average molecular weight is 269 g/mol. The Labute approximate surface area is 112 Å². The van der Waals surface area contributed by atoms with E-state index in [9.17, 15) is 0 Å². The van der Waals surface area contributed by atoms with Gasteiger partial charge in [0, 0.05) is 17.1 Å². The van der Waals surface area contributed by atoms with E-state index in [4.69, 9.17) is 12.2 Å². The largest absolute Gasteiger partial charge is 0.360 e. The van der Waals surface area contributed by atoms with Gasteiger partial charge in [0.2, 0.25) is 0 Å². The van der Waals surface area contributed by atoms with Crippen LogP contribution in [0.15, 0.2) is 6.20 Å². The second-order valence-corrected chi connectivity index (χ2v) is 6.25. The summed E-state index contributed by atoms with van der Waals surface area (Å²) in [6, 6.07) is 0.571. The van der Waals surface area contributed by atoms with Crippen LogP contribution in [0.1, 0.15) is 42.0 Å². The van der Waals surface area contributed by atoms with Gasteiger partial charge in [0.25, 0.3) is 0 Å². The highest BCUT2D eigenvalue weighted by molar-refractivity contribution is 7.80. The van der Waals surface area contributed by atoms with E-state index in [0.717, 1.165) is 16.7 Å². The SMILES string of the molecule is Cc1cnc(CNC(=S)NC2CCCCC2)s1. The minimum absolute atomic E-state index is 0.571. The van der Waals surface area contributed by atoms with E-state index < -0.39 is 0 Å². The number of aryl methyl sites for hydroxylation is 1. The maximum atomic E-state index is 5.30. The smallest absolute Gasteiger partial charge is 0.166 e. The van der Waals surface area contributed by atoms with E-state index in [1.165, 1.54) is 37.0 Å². The van der Waals surface area contributed by atoms with Gasteiger partial charge in [-0.05, 0) is 32.0 Å². The molecule has 3 nitrogen and oxygen atoms in total. The van der Waals surface area contributed by atoms with Crippen molar-refractivity contribution in [3.8, 4) is 0 Å². The van der Waals surface area contributed by atoms with Crippen molar-refractivity contribution in [3.63, 3.8) is 0 Å². The molecule has 0 saturated heterocycles. The summed E-state index contributed by atoms with van der Waals surface area (Å²) < 4.78 is 0. The second kappa shape index (κ2) is 6.31. The van der Waals surface area contributed by atoms with Crippen LogP contribution >= 0.6 is 23.6 Å². The van der Waals surface area contributed by atoms with Crippen LogP contribution in [0.5, 0.6) is 0 Å². The lowest BCUT2D eigenvalue weighted by molar-refractivity contribution is 0.412. The van der Waals surface area contributed by atoms with Crippen LogP contribution in [0.2, 0.25) is 0 Å². The Hall–Kier alpha value is -0.680. The molecule has 0 radical (unpaired) electrons. The summed E-state index contributed by atoms with van der Waals surface area (Å²) >= 11 is 7.01. The second-order valence-electron chi connectivity index (χ2n) is 4.53. The molecule has 0 spiro atoms. The van der Waals surface area contributed by atoms with Crippen LogP contribution < -0.4 is 10.6 Å². The first kappa shape index (κ1) is 12.8. The summed E-state index contributed by atoms with van der Waals surface area (Å²) in [6.07, 6.45) is 8.42. The molecule has 17 heavy (non-hydrogen) atoms. The highest BCUT2D eigenvalue weighted by Gasteiger charge is 2.13. The van der Waals surface area contributed by atoms with Crippen LogP contribution in [0.4, 0.5) is 0 Å². The molecule has 0 unspecified atom stereocenters. The van der Waals surface area contributed by atoms with Gasteiger partial charge in [0.1, 0.15) is 5.01 Å². The molecule has 1 aliphatic rings. The molecule has 0 aromatic carbocycles. The Morgan fingerprint density at radius 2 is 2.24 bits per heavy atom. The molecule has 0 aliphatic heterocycles. The number of rotatable bonds is 3. The molecule has 1 aliphatic carbocycles. The Kier molecular flexibility index (Phi) is 4.74. The van der Waals surface area contributed by atoms with E-state index in [-0.39, 0.29) is 0 Å². The normalized spacial score (nSPS) is 16.8. The number of hydrogen-bond acceptors (Lipinski definition) is 3. The lowest BCUT2D eigenvalue weighted by Crippen LogP contribution is -2.42. The third kappa shape index (κ3) is 4.24. The van der Waals surface area contributed by atoms with Crippen molar-refractivity contribution >= 4 is 28.7 Å². The zero-order chi connectivity index (χ0) is 12.1. The molecule has 1 saturated carbocycles. The number of thiazole rings is 1. The van der Waals surface area contributed by atoms with Crippen LogP contribution in [0.25, 0.3) is 0 Å². The topological polar surface area (TPSA) is 37.0 Å². The number of aromatic nitrogens is 1. The Morgan fingerprint density at radius 3 is 2.88 bits per heavy atom. The minimum atomic E-state index is 0.571. The Balaban J connectivity index is 1.70. The van der Waals surface area contributed by atoms with Gasteiger partial charge >= 0.3 is 0 Å². The number of thiocarbonyl (C=S) groups is 1. The highest BCUT2D eigenvalue weighted by atomic mass is 32.1. The van der Waals surface area contributed by atoms with Crippen molar-refractivity contribution in [1.82, 2.24) is 15.6 Å². The van der Waals surface area contributed by atoms with Crippen molar-refractivity contribution in [1.29, 1.82) is 0 Å². The quantitative estimate of drug-likeness (QED) is 0.827. The third-order valence-electron chi connectivity index (χ3n) is 3.01. The summed E-state index contributed by atoms with van der Waals surface area (Å²) in [7, 11) is 0. The predicted molar refractivity (Wildman–Crippen MR) is 76.3 cm³/mol. The first-order valence-electron chi connectivity index (χ1n) is 6.20. The summed E-state index contributed by atoms with van der Waals surface area (Å²) in [5.74, 6) is 0. The molecule has 1 aromatic rings. The molecular weight excluding hydrogens is 250 g/mol. The molecule has 2 rings (SSSR count). The molecule has 2 N–H and O–H groups in total. The minimum Gasteiger partial charge on any atom is -0.360 e. The zero-order valence-electron chi connectivity index (χ0n) is 10.2. The first-order chi connectivity index (χ1) is 8.24. The number of nitrogens with one attached hydrogen (secondary N) is 2. The van der Waals surface area contributed by atoms with Crippen molar-refractivity contribution in [2.24, 2.45) is 0 Å². The third-order valence-corrected chi connectivity index (χ3v) is 4.18. The Morgan fingerprint density at radius 1 is 1.47 bits per heavy atom. The fourth-order valence-electron chi connectivity index (χ4n) is 2.12. The number of nitrogens with zero attached hydrogens (tertiary/aromatic N) is 1. The lowest BCUT2D eigenvalue weighted by atomic mass is 9.96. The predicted octanol–water partition coefficient (Wildman–Crippen LogP) is 2.75. The fourth-order valence-corrected chi connectivity index (χ4v) is 3.09. The van der Waals surface area contributed by atoms with E-state index >= 15 is 0 Å². The molecule has 0 amide bonds. The molecule has 1 aromatic heterocycles. The standard InChI is InChI=1S/C12H19N3S2/c1-9-7-13-11(17-9)8-14-12(16)15-10-5-3-2-4-6-10/h7,10H,2-6,8H2,1H3,(H2,14,15,16). The zero-order valence-corrected chi connectivity index (χ0v) is 11.8. The molecule has 1 fully saturated rings. The first-order valence-corrected chi connectivity index (χ1v) is 7.42. The van der Waals surface area contributed by atoms with Crippen molar-refractivity contribution < 1.29 is 0 Å². The van der Waals surface area contributed by atoms with Crippen molar-refractivity contribution in [3.05, 3.63) is 16.1 Å². The molecular formula is C12H19N3S2. The van der Waals surface area contributed by atoms with Crippen LogP contribution in [0.3, 0.4) is 0 Å². The van der Waals surface area contributed by atoms with E-state index in [0.29, 0.717) is 6.04 Å². The van der Waals surface area contributed by atoms with Crippen molar-refractivity contribution in [2.75, 3.05) is 0 Å². The molecule has 1 heterocycles. The average Bonchev–Trinajstić information content (AvgIpc) is 2.74. The van der Waals surface area contributed by atoms with Crippen LogP contribution in [-0.2, 0) is 6.54 Å². The van der Waals surface area contributed by atoms with E-state index in [2.05, 4.69) is 22.5 Å². The van der Waals surface area contributed by atoms with E-state index in [1.54, 1.807) is 11.3 Å². The molecule has 0 bridgehead atoms. The van der Waals surface area contributed by atoms with Gasteiger partial charge in [-0.2, -0.15) is 0 Å². The monoisotopic (exact) mass is 269 g/mol. The summed E-state index contributed by atoms with van der Waals surface area (Å²) in [5, 5.41) is 8.48. The highest BCUT2D eigenvalue weighted by Crippen LogP contribution is 2.17. The maximum Gasteiger partial charge on any atom is 0.166 e. The van der Waals surface area contributed by atoms with Gasteiger partial charge in [-0.1, -0.05) is 19.3 Å². The van der Waals surface area contributed by atoms with E-state index in [1.807, 2.05) is 6.20 Å². The molecule has 94 valence electrons. The van der Waals surface area contributed by atoms with Gasteiger partial charge in [-0.15, -0.1) is 11.3 Å². The van der Waals surface area contributed by atoms with Crippen LogP contribution in [-0.4, -0.2) is 16.1 Å². The fraction of sp³-hybridized carbons (Fsp3) is 0.667. The van der Waals surface area contributed by atoms with Gasteiger partial charge < -0.3 is 10.6 Å². The Bertz CT molecular complexity index is 370. The lowest BCUT2D eigenvalue weighted by Gasteiger charge is -2.24. The van der Waals surface area contributed by atoms with Crippen molar-refractivity contribution in [2.45, 2.75) is 51.6 Å². The van der Waals surface area contributed by atoms with Gasteiger partial charge in [0.05, 0.1) is 6.54 Å². The molecule has 0 atom stereocenters. The summed E-state index contributed by atoms with van der Waals surface area (Å²) in [5.41, 5.74) is 0. The molecule has 5 heteroatoms. The maximum absolute atomic E-state index is 5.30. The summed E-state index contributed by atoms with van der Waals surface area (Å²) in [6.45, 7) is 2.80. The number of hydrogen-bond donors (Lipinski definition) is 2. The van der Waals surface area contributed by atoms with Crippen LogP contribution in [0, 0.1) is 6.92 Å².